The molecule has 0 saturated carbocycles. The molecule has 0 amide bonds. The molecule has 0 atom stereocenters. The molecule has 0 saturated heterocycles. The first-order valence-corrected chi connectivity index (χ1v) is 6.60. The van der Waals surface area contributed by atoms with Crippen LogP contribution >= 0.6 is 11.8 Å². The fraction of sp³-hybridized carbons (Fsp3) is 0.154. The van der Waals surface area contributed by atoms with Crippen molar-refractivity contribution in [2.45, 2.75) is 4.90 Å². The minimum atomic E-state index is 0.858. The second-order valence-corrected chi connectivity index (χ2v) is 4.35. The quantitative estimate of drug-likeness (QED) is 0.807. The van der Waals surface area contributed by atoms with Gasteiger partial charge >= 0.3 is 0 Å². The summed E-state index contributed by atoms with van der Waals surface area (Å²) in [4.78, 5) is 5.42. The zero-order valence-corrected chi connectivity index (χ0v) is 10.7. The summed E-state index contributed by atoms with van der Waals surface area (Å²) in [6.45, 7) is 0. The van der Waals surface area contributed by atoms with Gasteiger partial charge in [-0.15, -0.1) is 11.8 Å². The maximum Gasteiger partial charge on any atom is 0.127 e. The fourth-order valence-electron chi connectivity index (χ4n) is 1.55. The molecule has 0 unspecified atom stereocenters. The van der Waals surface area contributed by atoms with Crippen molar-refractivity contribution in [2.75, 3.05) is 23.9 Å². The number of pyridine rings is 1. The van der Waals surface area contributed by atoms with Crippen LogP contribution in [0.2, 0.25) is 0 Å². The molecule has 1 aromatic heterocycles. The van der Waals surface area contributed by atoms with E-state index >= 15 is 0 Å². The van der Waals surface area contributed by atoms with E-state index in [4.69, 9.17) is 0 Å². The summed E-state index contributed by atoms with van der Waals surface area (Å²) in [6.07, 6.45) is 3.86. The highest BCUT2D eigenvalue weighted by Gasteiger charge is 2.01. The molecule has 0 spiro atoms. The molecule has 2 N–H and O–H groups in total. The van der Waals surface area contributed by atoms with Gasteiger partial charge in [0.05, 0.1) is 5.69 Å². The number of rotatable bonds is 4. The molecule has 0 aliphatic carbocycles. The normalized spacial score (nSPS) is 10.0. The van der Waals surface area contributed by atoms with E-state index in [1.165, 1.54) is 4.90 Å². The summed E-state index contributed by atoms with van der Waals surface area (Å²) in [5.74, 6) is 0.858. The van der Waals surface area contributed by atoms with E-state index in [2.05, 4.69) is 34.0 Å². The maximum absolute atomic E-state index is 4.19. The highest BCUT2D eigenvalue weighted by Crippen LogP contribution is 2.28. The Morgan fingerprint density at radius 3 is 2.76 bits per heavy atom. The third kappa shape index (κ3) is 2.91. The van der Waals surface area contributed by atoms with Gasteiger partial charge < -0.3 is 10.6 Å². The van der Waals surface area contributed by atoms with Crippen LogP contribution in [-0.2, 0) is 0 Å². The summed E-state index contributed by atoms with van der Waals surface area (Å²) in [6, 6.07) is 12.2. The van der Waals surface area contributed by atoms with Crippen molar-refractivity contribution < 1.29 is 0 Å². The van der Waals surface area contributed by atoms with Crippen molar-refractivity contribution in [1.82, 2.24) is 4.98 Å². The van der Waals surface area contributed by atoms with Gasteiger partial charge in [0.1, 0.15) is 5.82 Å². The molecule has 1 heterocycles. The standard InChI is InChI=1S/C13H15N3S/c1-14-13-9-10(7-8-15-13)16-11-5-3-4-6-12(11)17-2/h3-9H,1-2H3,(H2,14,15,16). The highest BCUT2D eigenvalue weighted by atomic mass is 32.2. The van der Waals surface area contributed by atoms with E-state index in [1.54, 1.807) is 18.0 Å². The van der Waals surface area contributed by atoms with E-state index in [9.17, 15) is 0 Å². The van der Waals surface area contributed by atoms with Crippen molar-refractivity contribution >= 4 is 29.0 Å². The first-order chi connectivity index (χ1) is 8.33. The molecule has 3 nitrogen and oxygen atoms in total. The summed E-state index contributed by atoms with van der Waals surface area (Å²) in [5, 5.41) is 6.42. The average molecular weight is 245 g/mol. The minimum Gasteiger partial charge on any atom is -0.373 e. The number of anilines is 3. The minimum absolute atomic E-state index is 0.858. The Morgan fingerprint density at radius 2 is 2.00 bits per heavy atom. The Balaban J connectivity index is 2.24. The van der Waals surface area contributed by atoms with Crippen LogP contribution in [0.1, 0.15) is 0 Å². The van der Waals surface area contributed by atoms with Gasteiger partial charge in [0.15, 0.2) is 0 Å². The van der Waals surface area contributed by atoms with E-state index in [-0.39, 0.29) is 0 Å². The molecular weight excluding hydrogens is 230 g/mol. The molecule has 2 rings (SSSR count). The van der Waals surface area contributed by atoms with E-state index < -0.39 is 0 Å². The Kier molecular flexibility index (Phi) is 3.88. The van der Waals surface area contributed by atoms with Crippen LogP contribution in [0.3, 0.4) is 0 Å². The van der Waals surface area contributed by atoms with Crippen LogP contribution in [0.5, 0.6) is 0 Å². The smallest absolute Gasteiger partial charge is 0.127 e. The van der Waals surface area contributed by atoms with Gasteiger partial charge in [0, 0.05) is 29.9 Å². The number of nitrogens with zero attached hydrogens (tertiary/aromatic N) is 1. The van der Waals surface area contributed by atoms with Gasteiger partial charge in [-0.1, -0.05) is 12.1 Å². The van der Waals surface area contributed by atoms with Crippen LogP contribution in [0, 0.1) is 0 Å². The molecule has 17 heavy (non-hydrogen) atoms. The number of hydrogen-bond donors (Lipinski definition) is 2. The predicted molar refractivity (Wildman–Crippen MR) is 75.3 cm³/mol. The van der Waals surface area contributed by atoms with Gasteiger partial charge in [-0.05, 0) is 24.5 Å². The van der Waals surface area contributed by atoms with Crippen molar-refractivity contribution in [3.05, 3.63) is 42.6 Å². The number of para-hydroxylation sites is 1. The molecule has 0 bridgehead atoms. The lowest BCUT2D eigenvalue weighted by atomic mass is 10.3. The first-order valence-electron chi connectivity index (χ1n) is 5.37. The molecule has 1 aromatic carbocycles. The van der Waals surface area contributed by atoms with Crippen molar-refractivity contribution in [1.29, 1.82) is 0 Å². The molecule has 2 aromatic rings. The molecule has 88 valence electrons. The molecular formula is C13H15N3S. The van der Waals surface area contributed by atoms with Crippen molar-refractivity contribution in [3.8, 4) is 0 Å². The topological polar surface area (TPSA) is 37.0 Å². The highest BCUT2D eigenvalue weighted by molar-refractivity contribution is 7.98. The summed E-state index contributed by atoms with van der Waals surface area (Å²) < 4.78 is 0. The summed E-state index contributed by atoms with van der Waals surface area (Å²) in [5.41, 5.74) is 2.15. The maximum atomic E-state index is 4.19. The Labute approximate surface area is 106 Å². The van der Waals surface area contributed by atoms with Crippen LogP contribution < -0.4 is 10.6 Å². The van der Waals surface area contributed by atoms with E-state index in [0.717, 1.165) is 17.2 Å². The van der Waals surface area contributed by atoms with E-state index in [0.29, 0.717) is 0 Å². The first kappa shape index (κ1) is 11.8. The summed E-state index contributed by atoms with van der Waals surface area (Å²) in [7, 11) is 1.86. The van der Waals surface area contributed by atoms with Gasteiger partial charge in [-0.25, -0.2) is 4.98 Å². The molecule has 0 aliphatic heterocycles. The van der Waals surface area contributed by atoms with Crippen molar-refractivity contribution in [3.63, 3.8) is 0 Å². The van der Waals surface area contributed by atoms with Crippen LogP contribution in [0.15, 0.2) is 47.5 Å². The fourth-order valence-corrected chi connectivity index (χ4v) is 2.10. The van der Waals surface area contributed by atoms with Crippen LogP contribution in [0.4, 0.5) is 17.2 Å². The van der Waals surface area contributed by atoms with E-state index in [1.807, 2.05) is 31.3 Å². The van der Waals surface area contributed by atoms with Crippen LogP contribution in [-0.4, -0.2) is 18.3 Å². The van der Waals surface area contributed by atoms with Gasteiger partial charge in [-0.3, -0.25) is 0 Å². The largest absolute Gasteiger partial charge is 0.373 e. The third-order valence-corrected chi connectivity index (χ3v) is 3.20. The zero-order chi connectivity index (χ0) is 12.1. The van der Waals surface area contributed by atoms with Gasteiger partial charge in [-0.2, -0.15) is 0 Å². The number of hydrogen-bond acceptors (Lipinski definition) is 4. The number of thioether (sulfide) groups is 1. The molecule has 0 aliphatic rings. The number of aromatic nitrogens is 1. The van der Waals surface area contributed by atoms with Gasteiger partial charge in [0.25, 0.3) is 0 Å². The zero-order valence-electron chi connectivity index (χ0n) is 9.90. The monoisotopic (exact) mass is 245 g/mol. The van der Waals surface area contributed by atoms with Crippen molar-refractivity contribution in [2.24, 2.45) is 0 Å². The lowest BCUT2D eigenvalue weighted by Crippen LogP contribution is -1.96. The lowest BCUT2D eigenvalue weighted by Gasteiger charge is -2.10. The second-order valence-electron chi connectivity index (χ2n) is 3.51. The van der Waals surface area contributed by atoms with Crippen LogP contribution in [0.25, 0.3) is 0 Å². The molecule has 0 fully saturated rings. The second kappa shape index (κ2) is 5.59. The molecule has 0 radical (unpaired) electrons. The average Bonchev–Trinajstić information content (AvgIpc) is 2.39. The summed E-state index contributed by atoms with van der Waals surface area (Å²) >= 11 is 1.73. The van der Waals surface area contributed by atoms with Gasteiger partial charge in [0.2, 0.25) is 0 Å². The Bertz CT molecular complexity index is 500. The molecule has 4 heteroatoms. The third-order valence-electron chi connectivity index (χ3n) is 2.40. The Hall–Kier alpha value is -1.68. The lowest BCUT2D eigenvalue weighted by molar-refractivity contribution is 1.28. The SMILES string of the molecule is CNc1cc(Nc2ccccc2SC)ccn1. The number of benzene rings is 1. The number of nitrogens with one attached hydrogen (secondary N) is 2. The Morgan fingerprint density at radius 1 is 1.18 bits per heavy atom. The predicted octanol–water partition coefficient (Wildman–Crippen LogP) is 3.59.